The highest BCUT2D eigenvalue weighted by atomic mass is 79.9. The average molecular weight is 286 g/mol. The molecule has 6 heteroatoms. The topological polar surface area (TPSA) is 64.9 Å². The summed E-state index contributed by atoms with van der Waals surface area (Å²) >= 11 is 4.73. The van der Waals surface area contributed by atoms with Crippen LogP contribution in [0.15, 0.2) is 37.2 Å². The van der Waals surface area contributed by atoms with Crippen molar-refractivity contribution < 1.29 is 4.42 Å². The van der Waals surface area contributed by atoms with E-state index in [1.54, 1.807) is 6.92 Å². The van der Waals surface area contributed by atoms with Crippen molar-refractivity contribution in [2.24, 2.45) is 0 Å². The van der Waals surface area contributed by atoms with Gasteiger partial charge in [-0.25, -0.2) is 0 Å². The summed E-state index contributed by atoms with van der Waals surface area (Å²) in [5.74, 6) is 0.547. The Hall–Kier alpha value is -1.01. The summed E-state index contributed by atoms with van der Waals surface area (Å²) in [5.41, 5.74) is 6.51. The predicted molar refractivity (Wildman–Crippen MR) is 61.7 cm³/mol. The number of rotatable bonds is 2. The molecule has 0 atom stereocenters. The van der Waals surface area contributed by atoms with Gasteiger partial charge < -0.3 is 10.2 Å². The minimum atomic E-state index is 0.498. The number of anilines is 1. The second-order valence-electron chi connectivity index (χ2n) is 2.87. The standard InChI is InChI=1S/C9H8BrN3OS/c1-5-12-13-9(14-5)15-8-4-6(10)2-3-7(8)11/h2-4H,11H2,1H3. The Kier molecular flexibility index (Phi) is 2.97. The zero-order chi connectivity index (χ0) is 10.8. The number of nitrogens with two attached hydrogens (primary N) is 1. The Balaban J connectivity index is 2.27. The molecule has 0 saturated carbocycles. The summed E-state index contributed by atoms with van der Waals surface area (Å²) < 4.78 is 6.22. The molecule has 0 unspecified atom stereocenters. The lowest BCUT2D eigenvalue weighted by Crippen LogP contribution is -1.87. The monoisotopic (exact) mass is 285 g/mol. The van der Waals surface area contributed by atoms with Crippen LogP contribution in [0.25, 0.3) is 0 Å². The van der Waals surface area contributed by atoms with E-state index in [1.807, 2.05) is 18.2 Å². The number of aromatic nitrogens is 2. The Morgan fingerprint density at radius 1 is 1.40 bits per heavy atom. The summed E-state index contributed by atoms with van der Waals surface area (Å²) in [6.45, 7) is 1.75. The maximum atomic E-state index is 5.81. The molecule has 15 heavy (non-hydrogen) atoms. The quantitative estimate of drug-likeness (QED) is 0.860. The van der Waals surface area contributed by atoms with Crippen molar-refractivity contribution in [1.29, 1.82) is 0 Å². The van der Waals surface area contributed by atoms with Crippen LogP contribution in [0.2, 0.25) is 0 Å². The fraction of sp³-hybridized carbons (Fsp3) is 0.111. The van der Waals surface area contributed by atoms with Crippen LogP contribution in [-0.4, -0.2) is 10.2 Å². The van der Waals surface area contributed by atoms with Crippen molar-refractivity contribution in [3.05, 3.63) is 28.6 Å². The Labute approximate surface area is 99.4 Å². The Bertz CT molecular complexity index is 486. The van der Waals surface area contributed by atoms with E-state index in [0.29, 0.717) is 16.8 Å². The molecule has 0 amide bonds. The van der Waals surface area contributed by atoms with Crippen LogP contribution in [0.1, 0.15) is 5.89 Å². The highest BCUT2D eigenvalue weighted by Gasteiger charge is 2.07. The predicted octanol–water partition coefficient (Wildman–Crippen LogP) is 2.87. The molecule has 0 saturated heterocycles. The molecule has 2 N–H and O–H groups in total. The van der Waals surface area contributed by atoms with E-state index in [4.69, 9.17) is 10.2 Å². The summed E-state index contributed by atoms with van der Waals surface area (Å²) in [5, 5.41) is 8.13. The SMILES string of the molecule is Cc1nnc(Sc2cc(Br)ccc2N)o1. The minimum Gasteiger partial charge on any atom is -0.416 e. The van der Waals surface area contributed by atoms with Crippen LogP contribution in [0.5, 0.6) is 0 Å². The number of aryl methyl sites for hydroxylation is 1. The summed E-state index contributed by atoms with van der Waals surface area (Å²) in [7, 11) is 0. The molecule has 1 heterocycles. The Morgan fingerprint density at radius 3 is 2.87 bits per heavy atom. The van der Waals surface area contributed by atoms with Gasteiger partial charge in [0.05, 0.1) is 0 Å². The average Bonchev–Trinajstić information content (AvgIpc) is 2.58. The van der Waals surface area contributed by atoms with Gasteiger partial charge >= 0.3 is 0 Å². The second kappa shape index (κ2) is 4.24. The van der Waals surface area contributed by atoms with Crippen LogP contribution in [0.4, 0.5) is 5.69 Å². The molecular weight excluding hydrogens is 278 g/mol. The van der Waals surface area contributed by atoms with Crippen molar-refractivity contribution >= 4 is 33.4 Å². The largest absolute Gasteiger partial charge is 0.416 e. The van der Waals surface area contributed by atoms with Gasteiger partial charge in [-0.15, -0.1) is 10.2 Å². The second-order valence-corrected chi connectivity index (χ2v) is 4.78. The van der Waals surface area contributed by atoms with Crippen molar-refractivity contribution in [2.45, 2.75) is 17.0 Å². The Morgan fingerprint density at radius 2 is 2.20 bits per heavy atom. The summed E-state index contributed by atoms with van der Waals surface area (Å²) in [4.78, 5) is 0.896. The van der Waals surface area contributed by atoms with E-state index in [0.717, 1.165) is 9.37 Å². The molecule has 4 nitrogen and oxygen atoms in total. The lowest BCUT2D eigenvalue weighted by molar-refractivity contribution is 0.429. The van der Waals surface area contributed by atoms with Crippen LogP contribution in [0, 0.1) is 6.92 Å². The third-order valence-corrected chi connectivity index (χ3v) is 3.09. The van der Waals surface area contributed by atoms with Gasteiger partial charge in [0, 0.05) is 22.0 Å². The van der Waals surface area contributed by atoms with E-state index in [2.05, 4.69) is 26.1 Å². The first-order valence-electron chi connectivity index (χ1n) is 4.18. The third-order valence-electron chi connectivity index (χ3n) is 1.68. The number of benzene rings is 1. The minimum absolute atomic E-state index is 0.498. The molecule has 0 aliphatic carbocycles. The maximum Gasteiger partial charge on any atom is 0.281 e. The molecule has 0 aliphatic rings. The molecule has 78 valence electrons. The van der Waals surface area contributed by atoms with Gasteiger partial charge in [-0.1, -0.05) is 15.9 Å². The fourth-order valence-corrected chi connectivity index (χ4v) is 2.33. The lowest BCUT2D eigenvalue weighted by Gasteiger charge is -2.01. The molecule has 0 aliphatic heterocycles. The van der Waals surface area contributed by atoms with Gasteiger partial charge in [-0.3, -0.25) is 0 Å². The van der Waals surface area contributed by atoms with Crippen molar-refractivity contribution in [1.82, 2.24) is 10.2 Å². The van der Waals surface area contributed by atoms with E-state index in [9.17, 15) is 0 Å². The molecule has 0 fully saturated rings. The van der Waals surface area contributed by atoms with Gasteiger partial charge in [0.25, 0.3) is 5.22 Å². The van der Waals surface area contributed by atoms with E-state index >= 15 is 0 Å². The molecular formula is C9H8BrN3OS. The number of nitrogens with zero attached hydrogens (tertiary/aromatic N) is 2. The van der Waals surface area contributed by atoms with Crippen molar-refractivity contribution in [3.8, 4) is 0 Å². The first-order chi connectivity index (χ1) is 7.15. The van der Waals surface area contributed by atoms with Gasteiger partial charge in [0.1, 0.15) is 0 Å². The summed E-state index contributed by atoms with van der Waals surface area (Å²) in [6, 6.07) is 5.63. The summed E-state index contributed by atoms with van der Waals surface area (Å²) in [6.07, 6.45) is 0. The van der Waals surface area contributed by atoms with Gasteiger partial charge in [-0.2, -0.15) is 0 Å². The highest BCUT2D eigenvalue weighted by Crippen LogP contribution is 2.32. The highest BCUT2D eigenvalue weighted by molar-refractivity contribution is 9.10. The van der Waals surface area contributed by atoms with Crippen LogP contribution in [0.3, 0.4) is 0 Å². The first kappa shape index (κ1) is 10.5. The smallest absolute Gasteiger partial charge is 0.281 e. The van der Waals surface area contributed by atoms with Gasteiger partial charge in [-0.05, 0) is 30.0 Å². The van der Waals surface area contributed by atoms with Crippen LogP contribution < -0.4 is 5.73 Å². The molecule has 1 aromatic heterocycles. The molecule has 0 bridgehead atoms. The van der Waals surface area contributed by atoms with Gasteiger partial charge in [0.15, 0.2) is 0 Å². The lowest BCUT2D eigenvalue weighted by atomic mass is 10.3. The van der Waals surface area contributed by atoms with E-state index in [1.165, 1.54) is 11.8 Å². The van der Waals surface area contributed by atoms with Crippen molar-refractivity contribution in [2.75, 3.05) is 5.73 Å². The number of halogens is 1. The normalized spacial score (nSPS) is 10.5. The molecule has 0 radical (unpaired) electrons. The maximum absolute atomic E-state index is 5.81. The molecule has 1 aromatic carbocycles. The van der Waals surface area contributed by atoms with Crippen LogP contribution in [-0.2, 0) is 0 Å². The molecule has 0 spiro atoms. The van der Waals surface area contributed by atoms with E-state index in [-0.39, 0.29) is 0 Å². The number of hydrogen-bond acceptors (Lipinski definition) is 5. The van der Waals surface area contributed by atoms with Crippen LogP contribution >= 0.6 is 27.7 Å². The zero-order valence-electron chi connectivity index (χ0n) is 7.90. The molecule has 2 rings (SSSR count). The third kappa shape index (κ3) is 2.51. The van der Waals surface area contributed by atoms with Gasteiger partial charge in [0.2, 0.25) is 5.89 Å². The molecule has 2 aromatic rings. The zero-order valence-corrected chi connectivity index (χ0v) is 10.3. The van der Waals surface area contributed by atoms with E-state index < -0.39 is 0 Å². The number of nitrogen functional groups attached to an aromatic ring is 1. The first-order valence-corrected chi connectivity index (χ1v) is 5.79. The number of hydrogen-bond donors (Lipinski definition) is 1. The van der Waals surface area contributed by atoms with Crippen molar-refractivity contribution in [3.63, 3.8) is 0 Å². The fourth-order valence-electron chi connectivity index (χ4n) is 1.01.